The fourth-order valence-corrected chi connectivity index (χ4v) is 7.27. The maximum Gasteiger partial charge on any atom is 0.313 e. The molecule has 0 spiro atoms. The summed E-state index contributed by atoms with van der Waals surface area (Å²) in [5, 5.41) is 27.6. The first-order valence-corrected chi connectivity index (χ1v) is 12.1. The standard InChI is InChI=1S/C17H20N6O5S3/c1-9(31-15-19-21-22-20-15)16(14(26)27)7-23-12(25)17(28-2,13(23)30-8-16)18-11(24)6-10-4-3-5-29-10/h3-5,9,13H,6-8H2,1-2H3,(H,18,24)(H,26,27)(H,19,20,21,22)/t9?,13-,16?,17?/m1/s1. The van der Waals surface area contributed by atoms with E-state index < -0.39 is 33.6 Å². The molecule has 2 aliphatic rings. The fourth-order valence-electron chi connectivity index (χ4n) is 3.72. The lowest BCUT2D eigenvalue weighted by Gasteiger charge is -2.59. The van der Waals surface area contributed by atoms with E-state index >= 15 is 0 Å². The number of carboxylic acid groups (broad SMARTS) is 1. The van der Waals surface area contributed by atoms with Crippen molar-refractivity contribution in [3.05, 3.63) is 22.4 Å². The van der Waals surface area contributed by atoms with Gasteiger partial charge in [-0.25, -0.2) is 0 Å². The predicted octanol–water partition coefficient (Wildman–Crippen LogP) is 0.430. The number of aromatic amines is 1. The molecule has 2 fully saturated rings. The minimum absolute atomic E-state index is 0.00322. The molecule has 4 heterocycles. The Bertz CT molecular complexity index is 973. The summed E-state index contributed by atoms with van der Waals surface area (Å²) in [6, 6.07) is 3.70. The fraction of sp³-hybridized carbons (Fsp3) is 0.529. The average Bonchev–Trinajstić information content (AvgIpc) is 3.45. The van der Waals surface area contributed by atoms with Gasteiger partial charge in [0.2, 0.25) is 11.1 Å². The lowest BCUT2D eigenvalue weighted by Crippen LogP contribution is -2.83. The minimum Gasteiger partial charge on any atom is -0.481 e. The maximum atomic E-state index is 13.1. The van der Waals surface area contributed by atoms with E-state index in [0.29, 0.717) is 5.16 Å². The monoisotopic (exact) mass is 484 g/mol. The molecule has 0 radical (unpaired) electrons. The second-order valence-corrected chi connectivity index (χ2v) is 10.7. The van der Waals surface area contributed by atoms with Crippen molar-refractivity contribution >= 4 is 52.6 Å². The number of nitrogens with one attached hydrogen (secondary N) is 2. The summed E-state index contributed by atoms with van der Waals surface area (Å²) in [4.78, 5) is 40.2. The summed E-state index contributed by atoms with van der Waals surface area (Å²) < 4.78 is 5.49. The van der Waals surface area contributed by atoms with E-state index in [1.807, 2.05) is 17.5 Å². The largest absolute Gasteiger partial charge is 0.481 e. The van der Waals surface area contributed by atoms with Gasteiger partial charge in [0.1, 0.15) is 10.8 Å². The third kappa shape index (κ3) is 3.70. The number of amides is 2. The number of hydrogen-bond donors (Lipinski definition) is 3. The highest BCUT2D eigenvalue weighted by Gasteiger charge is 2.68. The van der Waals surface area contributed by atoms with Crippen molar-refractivity contribution in [1.82, 2.24) is 30.8 Å². The number of aliphatic carboxylic acids is 1. The number of ether oxygens (including phenoxy) is 1. The van der Waals surface area contributed by atoms with Gasteiger partial charge in [-0.3, -0.25) is 14.4 Å². The zero-order chi connectivity index (χ0) is 22.2. The molecule has 0 aromatic carbocycles. The molecule has 2 amide bonds. The highest BCUT2D eigenvalue weighted by atomic mass is 32.2. The Morgan fingerprint density at radius 3 is 2.97 bits per heavy atom. The number of carbonyl (C=O) groups is 3. The lowest BCUT2D eigenvalue weighted by atomic mass is 9.83. The molecule has 4 rings (SSSR count). The van der Waals surface area contributed by atoms with Crippen LogP contribution in [0.4, 0.5) is 0 Å². The van der Waals surface area contributed by atoms with Crippen LogP contribution in [0.1, 0.15) is 11.8 Å². The highest BCUT2D eigenvalue weighted by Crippen LogP contribution is 2.50. The number of tetrazole rings is 1. The number of rotatable bonds is 8. The number of carboxylic acids is 1. The van der Waals surface area contributed by atoms with Gasteiger partial charge < -0.3 is 20.1 Å². The molecule has 4 atom stereocenters. The van der Waals surface area contributed by atoms with Crippen LogP contribution in [-0.2, 0) is 25.5 Å². The van der Waals surface area contributed by atoms with E-state index in [0.717, 1.165) is 4.88 Å². The van der Waals surface area contributed by atoms with Crippen LogP contribution in [0.5, 0.6) is 0 Å². The molecule has 0 saturated carbocycles. The van der Waals surface area contributed by atoms with Crippen LogP contribution in [0.3, 0.4) is 0 Å². The number of aromatic nitrogens is 4. The van der Waals surface area contributed by atoms with Gasteiger partial charge in [-0.15, -0.1) is 33.3 Å². The third-order valence-corrected chi connectivity index (χ3v) is 9.18. The van der Waals surface area contributed by atoms with Crippen molar-refractivity contribution < 1.29 is 24.2 Å². The van der Waals surface area contributed by atoms with Crippen molar-refractivity contribution in [2.75, 3.05) is 19.4 Å². The maximum absolute atomic E-state index is 13.1. The number of nitrogens with zero attached hydrogens (tertiary/aromatic N) is 4. The Hall–Kier alpha value is -2.16. The van der Waals surface area contributed by atoms with Gasteiger partial charge in [0.15, 0.2) is 0 Å². The van der Waals surface area contributed by atoms with Crippen molar-refractivity contribution in [3.8, 4) is 0 Å². The van der Waals surface area contributed by atoms with Crippen LogP contribution in [-0.4, -0.2) is 84.2 Å². The molecule has 2 aromatic heterocycles. The quantitative estimate of drug-likeness (QED) is 0.273. The molecular weight excluding hydrogens is 464 g/mol. The van der Waals surface area contributed by atoms with Gasteiger partial charge in [-0.2, -0.15) is 5.21 Å². The first kappa shape index (κ1) is 22.0. The summed E-state index contributed by atoms with van der Waals surface area (Å²) in [5.41, 5.74) is -2.71. The van der Waals surface area contributed by atoms with E-state index in [-0.39, 0.29) is 24.6 Å². The number of H-pyrrole nitrogens is 1. The molecular formula is C17H20N6O5S3. The van der Waals surface area contributed by atoms with E-state index in [2.05, 4.69) is 25.9 Å². The van der Waals surface area contributed by atoms with Gasteiger partial charge in [0, 0.05) is 29.5 Å². The first-order valence-electron chi connectivity index (χ1n) is 9.27. The summed E-state index contributed by atoms with van der Waals surface area (Å²) >= 11 is 3.92. The molecule has 2 saturated heterocycles. The number of thioether (sulfide) groups is 2. The molecule has 0 aliphatic carbocycles. The number of methoxy groups -OCH3 is 1. The molecule has 2 aliphatic heterocycles. The number of carbonyl (C=O) groups excluding carboxylic acids is 2. The lowest BCUT2D eigenvalue weighted by molar-refractivity contribution is -0.200. The van der Waals surface area contributed by atoms with Crippen LogP contribution in [0.15, 0.2) is 22.7 Å². The van der Waals surface area contributed by atoms with Gasteiger partial charge in [-0.05, 0) is 16.7 Å². The van der Waals surface area contributed by atoms with E-state index in [4.69, 9.17) is 4.74 Å². The third-order valence-electron chi connectivity index (χ3n) is 5.53. The SMILES string of the molecule is COC1(NC(=O)Cc2cccs2)C(=O)N2CC(C(=O)O)(C(C)Sc3nn[nH]n3)CS[C@@H]21. The number of hydrogen-bond acceptors (Lipinski definition) is 10. The Kier molecular flexibility index (Phi) is 5.98. The highest BCUT2D eigenvalue weighted by molar-refractivity contribution is 8.01. The second-order valence-electron chi connectivity index (χ2n) is 7.26. The molecule has 166 valence electrons. The normalized spacial score (nSPS) is 28.5. The van der Waals surface area contributed by atoms with Gasteiger partial charge in [0.25, 0.3) is 11.6 Å². The predicted molar refractivity (Wildman–Crippen MR) is 113 cm³/mol. The van der Waals surface area contributed by atoms with E-state index in [1.165, 1.54) is 46.9 Å². The van der Waals surface area contributed by atoms with Crippen molar-refractivity contribution in [2.24, 2.45) is 5.41 Å². The Morgan fingerprint density at radius 1 is 1.55 bits per heavy atom. The van der Waals surface area contributed by atoms with E-state index in [9.17, 15) is 19.5 Å². The minimum atomic E-state index is -1.49. The number of thiophene rings is 1. The molecule has 31 heavy (non-hydrogen) atoms. The average molecular weight is 485 g/mol. The Morgan fingerprint density at radius 2 is 2.35 bits per heavy atom. The van der Waals surface area contributed by atoms with Crippen LogP contribution >= 0.6 is 34.9 Å². The molecule has 3 N–H and O–H groups in total. The van der Waals surface area contributed by atoms with Gasteiger partial charge >= 0.3 is 5.97 Å². The summed E-state index contributed by atoms with van der Waals surface area (Å²) in [6.07, 6.45) is 0.144. The first-order chi connectivity index (χ1) is 14.8. The molecule has 2 aromatic rings. The van der Waals surface area contributed by atoms with Gasteiger partial charge in [0.05, 0.1) is 6.42 Å². The summed E-state index contributed by atoms with van der Waals surface area (Å²) in [7, 11) is 1.37. The molecule has 14 heteroatoms. The zero-order valence-corrected chi connectivity index (χ0v) is 19.1. The summed E-state index contributed by atoms with van der Waals surface area (Å²) in [6.45, 7) is 1.77. The Balaban J connectivity index is 1.49. The van der Waals surface area contributed by atoms with Crippen LogP contribution < -0.4 is 5.32 Å². The number of fused-ring (bicyclic) bond motifs is 1. The van der Waals surface area contributed by atoms with Crippen LogP contribution in [0, 0.1) is 5.41 Å². The van der Waals surface area contributed by atoms with Crippen molar-refractivity contribution in [1.29, 1.82) is 0 Å². The zero-order valence-electron chi connectivity index (χ0n) is 16.6. The molecule has 11 nitrogen and oxygen atoms in total. The Labute approximate surface area is 189 Å². The van der Waals surface area contributed by atoms with Crippen LogP contribution in [0.2, 0.25) is 0 Å². The molecule has 0 bridgehead atoms. The van der Waals surface area contributed by atoms with Crippen molar-refractivity contribution in [2.45, 2.75) is 34.8 Å². The van der Waals surface area contributed by atoms with Gasteiger partial charge in [-0.1, -0.05) is 24.8 Å². The van der Waals surface area contributed by atoms with Crippen LogP contribution in [0.25, 0.3) is 0 Å². The molecule has 3 unspecified atom stereocenters. The summed E-state index contributed by atoms with van der Waals surface area (Å²) in [5.74, 6) is -1.55. The van der Waals surface area contributed by atoms with Crippen molar-refractivity contribution in [3.63, 3.8) is 0 Å². The smallest absolute Gasteiger partial charge is 0.313 e. The topological polar surface area (TPSA) is 150 Å². The van der Waals surface area contributed by atoms with E-state index in [1.54, 1.807) is 6.92 Å². The second kappa shape index (κ2) is 8.41. The number of β-lactam (4-membered cyclic amide) rings is 1.